The second-order valence-corrected chi connectivity index (χ2v) is 7.90. The van der Waals surface area contributed by atoms with E-state index in [0.29, 0.717) is 0 Å². The van der Waals surface area contributed by atoms with E-state index >= 15 is 0 Å². The Labute approximate surface area is 164 Å². The second kappa shape index (κ2) is 7.30. The van der Waals surface area contributed by atoms with Gasteiger partial charge in [0.1, 0.15) is 12.6 Å². The molecule has 2 aromatic rings. The van der Waals surface area contributed by atoms with Crippen LogP contribution in [0.5, 0.6) is 0 Å². The fourth-order valence-electron chi connectivity index (χ4n) is 4.67. The summed E-state index contributed by atoms with van der Waals surface area (Å²) in [7, 11) is 0. The Bertz CT molecular complexity index is 863. The fourth-order valence-corrected chi connectivity index (χ4v) is 4.67. The molecule has 0 bridgehead atoms. The molecule has 2 aliphatic rings. The van der Waals surface area contributed by atoms with Crippen molar-refractivity contribution >= 4 is 12.1 Å². The van der Waals surface area contributed by atoms with Crippen LogP contribution in [-0.2, 0) is 9.53 Å². The van der Waals surface area contributed by atoms with Gasteiger partial charge in [-0.05, 0) is 47.9 Å². The monoisotopic (exact) mass is 379 g/mol. The first kappa shape index (κ1) is 18.5. The third kappa shape index (κ3) is 3.05. The van der Waals surface area contributed by atoms with E-state index < -0.39 is 18.1 Å². The highest BCUT2D eigenvalue weighted by atomic mass is 16.6. The van der Waals surface area contributed by atoms with Gasteiger partial charge in [-0.3, -0.25) is 4.90 Å². The minimum atomic E-state index is -0.965. The third-order valence-electron chi connectivity index (χ3n) is 6.15. The number of fused-ring (bicyclic) bond motifs is 3. The largest absolute Gasteiger partial charge is 0.480 e. The lowest BCUT2D eigenvalue weighted by molar-refractivity contribution is -0.147. The van der Waals surface area contributed by atoms with Crippen molar-refractivity contribution in [2.75, 3.05) is 6.61 Å². The summed E-state index contributed by atoms with van der Waals surface area (Å²) in [4.78, 5) is 26.1. The molecule has 28 heavy (non-hydrogen) atoms. The summed E-state index contributed by atoms with van der Waals surface area (Å²) >= 11 is 0. The molecule has 0 spiro atoms. The Morgan fingerprint density at radius 1 is 1.00 bits per heavy atom. The van der Waals surface area contributed by atoms with Gasteiger partial charge in [0.2, 0.25) is 0 Å². The van der Waals surface area contributed by atoms with Gasteiger partial charge in [-0.15, -0.1) is 0 Å². The van der Waals surface area contributed by atoms with Crippen molar-refractivity contribution in [3.05, 3.63) is 59.7 Å². The summed E-state index contributed by atoms with van der Waals surface area (Å²) in [5, 5.41) is 9.64. The summed E-state index contributed by atoms with van der Waals surface area (Å²) < 4.78 is 5.70. The van der Waals surface area contributed by atoms with Gasteiger partial charge in [0.15, 0.2) is 0 Å². The van der Waals surface area contributed by atoms with E-state index in [1.54, 1.807) is 0 Å². The van der Waals surface area contributed by atoms with E-state index in [9.17, 15) is 14.7 Å². The van der Waals surface area contributed by atoms with E-state index in [0.717, 1.165) is 24.0 Å². The standard InChI is InChI=1S/C23H25NO4/c1-14-11-12-15(2)24(21(14)22(25)26)23(27)28-13-20-18-9-5-3-7-16(18)17-8-4-6-10-19(17)20/h3-10,14-15,20-21H,11-13H2,1-2H3,(H,25,26). The van der Waals surface area contributed by atoms with Crippen molar-refractivity contribution in [2.45, 2.75) is 44.7 Å². The number of rotatable bonds is 3. The molecule has 2 aromatic carbocycles. The van der Waals surface area contributed by atoms with Crippen molar-refractivity contribution in [1.29, 1.82) is 0 Å². The zero-order valence-corrected chi connectivity index (χ0v) is 16.2. The Morgan fingerprint density at radius 2 is 1.57 bits per heavy atom. The number of carboxylic acids is 1. The van der Waals surface area contributed by atoms with Crippen LogP contribution in [0.25, 0.3) is 11.1 Å². The Hall–Kier alpha value is -2.82. The van der Waals surface area contributed by atoms with Gasteiger partial charge in [-0.25, -0.2) is 9.59 Å². The summed E-state index contributed by atoms with van der Waals surface area (Å²) in [5.74, 6) is -1.08. The highest BCUT2D eigenvalue weighted by Gasteiger charge is 2.42. The van der Waals surface area contributed by atoms with Gasteiger partial charge in [0.25, 0.3) is 0 Å². The van der Waals surface area contributed by atoms with Crippen LogP contribution < -0.4 is 0 Å². The molecule has 1 aliphatic heterocycles. The summed E-state index contributed by atoms with van der Waals surface area (Å²) in [6.45, 7) is 3.98. The van der Waals surface area contributed by atoms with Gasteiger partial charge in [0, 0.05) is 12.0 Å². The number of hydrogen-bond acceptors (Lipinski definition) is 3. The molecular weight excluding hydrogens is 354 g/mol. The normalized spacial score (nSPS) is 23.8. The second-order valence-electron chi connectivity index (χ2n) is 7.90. The first-order chi connectivity index (χ1) is 13.5. The number of hydrogen-bond donors (Lipinski definition) is 1. The van der Waals surface area contributed by atoms with Crippen molar-refractivity contribution in [3.63, 3.8) is 0 Å². The van der Waals surface area contributed by atoms with Crippen LogP contribution in [0, 0.1) is 5.92 Å². The van der Waals surface area contributed by atoms with Gasteiger partial charge in [-0.2, -0.15) is 0 Å². The van der Waals surface area contributed by atoms with Crippen LogP contribution in [0.4, 0.5) is 4.79 Å². The quantitative estimate of drug-likeness (QED) is 0.852. The molecule has 3 atom stereocenters. The maximum absolute atomic E-state index is 12.9. The smallest absolute Gasteiger partial charge is 0.410 e. The average molecular weight is 379 g/mol. The summed E-state index contributed by atoms with van der Waals surface area (Å²) in [6, 6.07) is 15.3. The van der Waals surface area contributed by atoms with Crippen LogP contribution in [0.3, 0.4) is 0 Å². The van der Waals surface area contributed by atoms with Crippen LogP contribution >= 0.6 is 0 Å². The highest BCUT2D eigenvalue weighted by Crippen LogP contribution is 2.44. The number of aliphatic carboxylic acids is 1. The van der Waals surface area contributed by atoms with Crippen LogP contribution in [0.2, 0.25) is 0 Å². The zero-order chi connectivity index (χ0) is 19.8. The highest BCUT2D eigenvalue weighted by molar-refractivity contribution is 5.81. The topological polar surface area (TPSA) is 66.8 Å². The molecule has 1 amide bonds. The zero-order valence-electron chi connectivity index (χ0n) is 16.2. The molecular formula is C23H25NO4. The lowest BCUT2D eigenvalue weighted by atomic mass is 9.87. The number of likely N-dealkylation sites (tertiary alicyclic amines) is 1. The SMILES string of the molecule is CC1CCC(C)N(C(=O)OCC2c3ccccc3-c3ccccc32)C1C(=O)O. The number of amides is 1. The van der Waals surface area contributed by atoms with E-state index in [1.165, 1.54) is 16.0 Å². The van der Waals surface area contributed by atoms with Crippen molar-refractivity contribution in [1.82, 2.24) is 4.90 Å². The molecule has 5 heteroatoms. The van der Waals surface area contributed by atoms with Gasteiger partial charge >= 0.3 is 12.1 Å². The predicted octanol–water partition coefficient (Wildman–Crippen LogP) is 4.51. The minimum Gasteiger partial charge on any atom is -0.480 e. The number of piperidine rings is 1. The molecule has 1 heterocycles. The van der Waals surface area contributed by atoms with Crippen molar-refractivity contribution in [3.8, 4) is 11.1 Å². The maximum Gasteiger partial charge on any atom is 0.410 e. The predicted molar refractivity (Wildman–Crippen MR) is 106 cm³/mol. The molecule has 5 nitrogen and oxygen atoms in total. The first-order valence-electron chi connectivity index (χ1n) is 9.85. The Kier molecular flexibility index (Phi) is 4.84. The molecule has 1 fully saturated rings. The Morgan fingerprint density at radius 3 is 2.14 bits per heavy atom. The lowest BCUT2D eigenvalue weighted by Crippen LogP contribution is -2.56. The molecule has 0 saturated carbocycles. The molecule has 0 radical (unpaired) electrons. The number of ether oxygens (including phenoxy) is 1. The molecule has 3 unspecified atom stereocenters. The number of benzene rings is 2. The van der Waals surface area contributed by atoms with Crippen LogP contribution in [0.1, 0.15) is 43.7 Å². The van der Waals surface area contributed by atoms with Gasteiger partial charge < -0.3 is 9.84 Å². The van der Waals surface area contributed by atoms with Crippen molar-refractivity contribution in [2.24, 2.45) is 5.92 Å². The lowest BCUT2D eigenvalue weighted by Gasteiger charge is -2.41. The van der Waals surface area contributed by atoms with Gasteiger partial charge in [0.05, 0.1) is 0 Å². The molecule has 4 rings (SSSR count). The molecule has 1 N–H and O–H groups in total. The molecule has 1 aliphatic carbocycles. The minimum absolute atomic E-state index is 0.0304. The van der Waals surface area contributed by atoms with Crippen molar-refractivity contribution < 1.29 is 19.4 Å². The Balaban J connectivity index is 1.56. The van der Waals surface area contributed by atoms with Crippen LogP contribution in [-0.4, -0.2) is 40.8 Å². The third-order valence-corrected chi connectivity index (χ3v) is 6.15. The van der Waals surface area contributed by atoms with Gasteiger partial charge in [-0.1, -0.05) is 55.5 Å². The summed E-state index contributed by atoms with van der Waals surface area (Å²) in [5.41, 5.74) is 4.63. The molecule has 1 saturated heterocycles. The fraction of sp³-hybridized carbons (Fsp3) is 0.391. The molecule has 146 valence electrons. The average Bonchev–Trinajstić information content (AvgIpc) is 3.01. The van der Waals surface area contributed by atoms with Crippen LogP contribution in [0.15, 0.2) is 48.5 Å². The first-order valence-corrected chi connectivity index (χ1v) is 9.85. The maximum atomic E-state index is 12.9. The number of nitrogens with zero attached hydrogens (tertiary/aromatic N) is 1. The number of carbonyl (C=O) groups is 2. The summed E-state index contributed by atoms with van der Waals surface area (Å²) in [6.07, 6.45) is 1.05. The number of carboxylic acid groups (broad SMARTS) is 1. The number of carbonyl (C=O) groups excluding carboxylic acids is 1. The van der Waals surface area contributed by atoms with E-state index in [-0.39, 0.29) is 24.5 Å². The van der Waals surface area contributed by atoms with E-state index in [2.05, 4.69) is 24.3 Å². The molecule has 0 aromatic heterocycles. The van der Waals surface area contributed by atoms with E-state index in [1.807, 2.05) is 38.1 Å². The van der Waals surface area contributed by atoms with E-state index in [4.69, 9.17) is 4.74 Å².